The molecule has 2 unspecified atom stereocenters. The molecule has 1 N–H and O–H groups in total. The van der Waals surface area contributed by atoms with Crippen LogP contribution in [-0.2, 0) is 0 Å². The Hall–Kier alpha value is -1.61. The molecule has 1 heterocycles. The molecule has 5 aliphatic rings. The van der Waals surface area contributed by atoms with Crippen molar-refractivity contribution in [2.24, 2.45) is 28.2 Å². The highest BCUT2D eigenvalue weighted by molar-refractivity contribution is 5.72. The molecule has 6 rings (SSSR count). The van der Waals surface area contributed by atoms with Gasteiger partial charge in [0.1, 0.15) is 0 Å². The Kier molecular flexibility index (Phi) is 3.79. The van der Waals surface area contributed by atoms with Crippen molar-refractivity contribution in [3.63, 3.8) is 0 Å². The number of benzene rings is 1. The second-order valence-corrected chi connectivity index (χ2v) is 9.44. The van der Waals surface area contributed by atoms with Crippen LogP contribution in [0.1, 0.15) is 62.1 Å². The highest BCUT2D eigenvalue weighted by atomic mass is 16.3. The maximum atomic E-state index is 11.5. The Labute approximate surface area is 156 Å². The average molecular weight is 351 g/mol. The Balaban J connectivity index is 1.43. The molecule has 0 saturated heterocycles. The topological polar surface area (TPSA) is 35.8 Å². The number of fused-ring (bicyclic) bond motifs is 1. The van der Waals surface area contributed by atoms with Gasteiger partial charge in [-0.2, -0.15) is 0 Å². The average Bonchev–Trinajstić information content (AvgIpc) is 2.87. The minimum absolute atomic E-state index is 0.188. The minimum atomic E-state index is -0.201. The number of nitrogens with zero attached hydrogens (tertiary/aromatic N) is 2. The van der Waals surface area contributed by atoms with Crippen molar-refractivity contribution in [3.05, 3.63) is 41.6 Å². The van der Waals surface area contributed by atoms with Crippen LogP contribution < -0.4 is 0 Å². The zero-order valence-corrected chi connectivity index (χ0v) is 15.8. The van der Waals surface area contributed by atoms with Crippen LogP contribution in [0.5, 0.6) is 0 Å². The predicted molar refractivity (Wildman–Crippen MR) is 106 cm³/mol. The van der Waals surface area contributed by atoms with E-state index in [2.05, 4.69) is 47.9 Å². The Morgan fingerprint density at radius 1 is 1.19 bits per heavy atom. The van der Waals surface area contributed by atoms with Gasteiger partial charge >= 0.3 is 0 Å². The highest BCUT2D eigenvalue weighted by Crippen LogP contribution is 2.62. The van der Waals surface area contributed by atoms with E-state index in [-0.39, 0.29) is 17.6 Å². The van der Waals surface area contributed by atoms with Gasteiger partial charge in [-0.25, -0.2) is 0 Å². The Bertz CT molecular complexity index is 717. The molecule has 2 atom stereocenters. The van der Waals surface area contributed by atoms with Crippen LogP contribution in [0, 0.1) is 23.2 Å². The van der Waals surface area contributed by atoms with Crippen molar-refractivity contribution in [2.75, 3.05) is 7.05 Å². The molecule has 1 aliphatic heterocycles. The van der Waals surface area contributed by atoms with E-state index in [0.717, 1.165) is 29.9 Å². The molecule has 1 aromatic rings. The van der Waals surface area contributed by atoms with Gasteiger partial charge < -0.3 is 10.0 Å². The zero-order valence-electron chi connectivity index (χ0n) is 15.8. The van der Waals surface area contributed by atoms with Crippen molar-refractivity contribution in [2.45, 2.75) is 57.1 Å². The monoisotopic (exact) mass is 350 g/mol. The number of rotatable bonds is 4. The van der Waals surface area contributed by atoms with E-state index in [1.165, 1.54) is 49.7 Å². The summed E-state index contributed by atoms with van der Waals surface area (Å²) in [5, 5.41) is 11.5. The predicted octanol–water partition coefficient (Wildman–Crippen LogP) is 4.64. The standard InChI is InChI=1S/C23H30N2O/c1-24-14-21-19-6-4-3-5-18(19)20(25(21)2)10-22(26)23-11-15-7-16(12-23)9-17(8-15)13-23/h3-6,14-17,20,22,26H,1,7-13H2,2H3/b21-14-. The van der Waals surface area contributed by atoms with Gasteiger partial charge in [-0.1, -0.05) is 24.3 Å². The summed E-state index contributed by atoms with van der Waals surface area (Å²) in [6.07, 6.45) is 10.5. The fraction of sp³-hybridized carbons (Fsp3) is 0.609. The number of aliphatic hydroxyl groups is 1. The molecular formula is C23H30N2O. The van der Waals surface area contributed by atoms with E-state index < -0.39 is 0 Å². The van der Waals surface area contributed by atoms with Gasteiger partial charge in [0.05, 0.1) is 24.0 Å². The second kappa shape index (κ2) is 5.95. The molecule has 0 aromatic heterocycles. The lowest BCUT2D eigenvalue weighted by atomic mass is 9.48. The molecule has 1 aromatic carbocycles. The first-order valence-corrected chi connectivity index (χ1v) is 10.3. The summed E-state index contributed by atoms with van der Waals surface area (Å²) in [4.78, 5) is 6.31. The summed E-state index contributed by atoms with van der Waals surface area (Å²) in [5.41, 5.74) is 3.88. The van der Waals surface area contributed by atoms with Gasteiger partial charge in [-0.3, -0.25) is 4.99 Å². The van der Waals surface area contributed by atoms with Crippen LogP contribution in [0.3, 0.4) is 0 Å². The van der Waals surface area contributed by atoms with Crippen molar-refractivity contribution in [1.82, 2.24) is 4.90 Å². The molecule has 3 nitrogen and oxygen atoms in total. The van der Waals surface area contributed by atoms with E-state index in [9.17, 15) is 5.11 Å². The van der Waals surface area contributed by atoms with E-state index in [0.29, 0.717) is 0 Å². The summed E-state index contributed by atoms with van der Waals surface area (Å²) >= 11 is 0. The van der Waals surface area contributed by atoms with Crippen LogP contribution in [0.4, 0.5) is 0 Å². The fourth-order valence-corrected chi connectivity index (χ4v) is 7.17. The largest absolute Gasteiger partial charge is 0.392 e. The lowest BCUT2D eigenvalue weighted by Gasteiger charge is -2.58. The summed E-state index contributed by atoms with van der Waals surface area (Å²) in [7, 11) is 2.13. The summed E-state index contributed by atoms with van der Waals surface area (Å²) in [6, 6.07) is 8.82. The SMILES string of the molecule is C=N/C=C1/c2ccccc2C(CC(O)C23CC4CC(CC(C4)C2)C3)N1C. The van der Waals surface area contributed by atoms with E-state index in [4.69, 9.17) is 0 Å². The number of aliphatic hydroxyl groups excluding tert-OH is 1. The molecule has 4 bridgehead atoms. The normalized spacial score (nSPS) is 40.1. The van der Waals surface area contributed by atoms with Crippen molar-refractivity contribution >= 4 is 12.4 Å². The van der Waals surface area contributed by atoms with Gasteiger partial charge in [0.15, 0.2) is 0 Å². The van der Waals surface area contributed by atoms with Crippen molar-refractivity contribution in [3.8, 4) is 0 Å². The van der Waals surface area contributed by atoms with Crippen LogP contribution in [0.25, 0.3) is 5.70 Å². The third-order valence-electron chi connectivity index (χ3n) is 7.90. The Morgan fingerprint density at radius 2 is 1.81 bits per heavy atom. The lowest BCUT2D eigenvalue weighted by molar-refractivity contribution is -0.125. The van der Waals surface area contributed by atoms with Crippen LogP contribution in [0.15, 0.2) is 35.5 Å². The first-order chi connectivity index (χ1) is 12.6. The first-order valence-electron chi connectivity index (χ1n) is 10.3. The summed E-state index contributed by atoms with van der Waals surface area (Å²) < 4.78 is 0. The second-order valence-electron chi connectivity index (χ2n) is 9.44. The molecule has 4 saturated carbocycles. The Morgan fingerprint density at radius 3 is 2.42 bits per heavy atom. The highest BCUT2D eigenvalue weighted by Gasteiger charge is 2.54. The van der Waals surface area contributed by atoms with E-state index in [1.807, 2.05) is 6.20 Å². The number of hydrogen-bond donors (Lipinski definition) is 1. The number of hydrogen-bond acceptors (Lipinski definition) is 3. The molecule has 4 fully saturated rings. The van der Waals surface area contributed by atoms with Gasteiger partial charge in [-0.15, -0.1) is 0 Å². The van der Waals surface area contributed by atoms with Gasteiger partial charge in [0.25, 0.3) is 0 Å². The quantitative estimate of drug-likeness (QED) is 0.803. The maximum absolute atomic E-state index is 11.5. The smallest absolute Gasteiger partial charge is 0.0631 e. The fourth-order valence-electron chi connectivity index (χ4n) is 7.17. The van der Waals surface area contributed by atoms with Gasteiger partial charge in [0.2, 0.25) is 0 Å². The van der Waals surface area contributed by atoms with E-state index in [1.54, 1.807) is 0 Å². The first kappa shape index (κ1) is 16.6. The molecule has 0 amide bonds. The van der Waals surface area contributed by atoms with E-state index >= 15 is 0 Å². The molecule has 4 aliphatic carbocycles. The van der Waals surface area contributed by atoms with Gasteiger partial charge in [0, 0.05) is 12.6 Å². The lowest BCUT2D eigenvalue weighted by Crippen LogP contribution is -2.52. The van der Waals surface area contributed by atoms with Crippen molar-refractivity contribution < 1.29 is 5.11 Å². The number of aliphatic imine (C=N–C) groups is 1. The van der Waals surface area contributed by atoms with Crippen LogP contribution in [-0.4, -0.2) is 29.9 Å². The van der Waals surface area contributed by atoms with Crippen LogP contribution >= 0.6 is 0 Å². The molecule has 26 heavy (non-hydrogen) atoms. The molecule has 3 heteroatoms. The summed E-state index contributed by atoms with van der Waals surface area (Å²) in [6.45, 7) is 3.64. The third kappa shape index (κ3) is 2.40. The molecular weight excluding hydrogens is 320 g/mol. The molecule has 138 valence electrons. The third-order valence-corrected chi connectivity index (χ3v) is 7.90. The van der Waals surface area contributed by atoms with Crippen molar-refractivity contribution in [1.29, 1.82) is 0 Å². The molecule has 0 radical (unpaired) electrons. The zero-order chi connectivity index (χ0) is 17.9. The van der Waals surface area contributed by atoms with Gasteiger partial charge in [-0.05, 0) is 80.4 Å². The summed E-state index contributed by atoms with van der Waals surface area (Å²) in [5.74, 6) is 2.64. The minimum Gasteiger partial charge on any atom is -0.392 e. The van der Waals surface area contributed by atoms with Crippen LogP contribution in [0.2, 0.25) is 0 Å². The molecule has 0 spiro atoms. The maximum Gasteiger partial charge on any atom is 0.0631 e.